The highest BCUT2D eigenvalue weighted by molar-refractivity contribution is 5.97. The molecule has 1 heterocycles. The Balaban J connectivity index is 1.75. The van der Waals surface area contributed by atoms with E-state index in [9.17, 15) is 9.59 Å². The van der Waals surface area contributed by atoms with E-state index in [0.717, 1.165) is 28.0 Å². The quantitative estimate of drug-likeness (QED) is 0.289. The first-order valence-corrected chi connectivity index (χ1v) is 7.76. The van der Waals surface area contributed by atoms with Crippen LogP contribution in [0.1, 0.15) is 34.2 Å². The number of hydroxylamine groups is 1. The number of fused-ring (bicyclic) bond motifs is 1. The Bertz CT molecular complexity index is 956. The van der Waals surface area contributed by atoms with E-state index in [1.807, 2.05) is 36.4 Å². The Hall–Kier alpha value is -3.25. The Morgan fingerprint density at radius 3 is 2.64 bits per heavy atom. The van der Waals surface area contributed by atoms with E-state index in [1.54, 1.807) is 24.5 Å². The van der Waals surface area contributed by atoms with Crippen molar-refractivity contribution in [3.8, 4) is 0 Å². The van der Waals surface area contributed by atoms with Crippen LogP contribution in [-0.4, -0.2) is 26.9 Å². The van der Waals surface area contributed by atoms with Gasteiger partial charge in [-0.05, 0) is 42.3 Å². The minimum Gasteiger partial charge on any atom is -0.342 e. The van der Waals surface area contributed by atoms with Gasteiger partial charge in [-0.3, -0.25) is 14.8 Å². The molecule has 3 rings (SSSR count). The molecule has 3 aromatic rings. The van der Waals surface area contributed by atoms with Gasteiger partial charge in [0.1, 0.15) is 5.82 Å². The number of H-pyrrole nitrogens is 1. The maximum absolute atomic E-state index is 11.5. The predicted octanol–water partition coefficient (Wildman–Crippen LogP) is 2.87. The summed E-state index contributed by atoms with van der Waals surface area (Å²) in [5.74, 6) is 0.270. The van der Waals surface area contributed by atoms with Crippen LogP contribution in [0.2, 0.25) is 0 Å². The van der Waals surface area contributed by atoms with Crippen molar-refractivity contribution in [1.29, 1.82) is 0 Å². The lowest BCUT2D eigenvalue weighted by Gasteiger charge is -1.99. The fourth-order valence-electron chi connectivity index (χ4n) is 2.51. The van der Waals surface area contributed by atoms with Gasteiger partial charge in [0.2, 0.25) is 0 Å². The minimum absolute atomic E-state index is 0.0246. The van der Waals surface area contributed by atoms with Crippen molar-refractivity contribution in [3.05, 3.63) is 71.1 Å². The molecule has 0 saturated carbocycles. The first-order valence-electron chi connectivity index (χ1n) is 7.76. The summed E-state index contributed by atoms with van der Waals surface area (Å²) in [6.45, 7) is 1.54. The van der Waals surface area contributed by atoms with Crippen LogP contribution in [0, 0.1) is 0 Å². The van der Waals surface area contributed by atoms with Gasteiger partial charge in [-0.15, -0.1) is 0 Å². The van der Waals surface area contributed by atoms with Gasteiger partial charge in [-0.2, -0.15) is 0 Å². The highest BCUT2D eigenvalue weighted by atomic mass is 16.5. The number of benzene rings is 2. The molecule has 6 nitrogen and oxygen atoms in total. The number of ketones is 1. The zero-order chi connectivity index (χ0) is 17.8. The van der Waals surface area contributed by atoms with Crippen molar-refractivity contribution >= 4 is 28.8 Å². The third-order valence-electron chi connectivity index (χ3n) is 3.83. The summed E-state index contributed by atoms with van der Waals surface area (Å²) in [7, 11) is 0. The Morgan fingerprint density at radius 1 is 1.20 bits per heavy atom. The van der Waals surface area contributed by atoms with Crippen molar-refractivity contribution in [2.24, 2.45) is 0 Å². The minimum atomic E-state index is -0.573. The Kier molecular flexibility index (Phi) is 4.72. The number of carbonyl (C=O) groups is 2. The van der Waals surface area contributed by atoms with E-state index in [-0.39, 0.29) is 5.78 Å². The summed E-state index contributed by atoms with van der Waals surface area (Å²) in [4.78, 5) is 30.2. The van der Waals surface area contributed by atoms with E-state index in [0.29, 0.717) is 12.0 Å². The molecule has 0 bridgehead atoms. The van der Waals surface area contributed by atoms with Crippen molar-refractivity contribution in [1.82, 2.24) is 15.4 Å². The topological polar surface area (TPSA) is 95.1 Å². The number of amides is 1. The molecule has 0 fully saturated rings. The predicted molar refractivity (Wildman–Crippen MR) is 94.3 cm³/mol. The number of Topliss-reactive ketones (excluding diaryl/α,β-unsaturated/α-hetero) is 1. The number of hydrogen-bond donors (Lipinski definition) is 3. The molecule has 0 saturated heterocycles. The summed E-state index contributed by atoms with van der Waals surface area (Å²) in [5, 5.41) is 8.45. The van der Waals surface area contributed by atoms with E-state index in [1.165, 1.54) is 6.08 Å². The molecule has 3 N–H and O–H groups in total. The van der Waals surface area contributed by atoms with Gasteiger partial charge < -0.3 is 4.98 Å². The fourth-order valence-corrected chi connectivity index (χ4v) is 2.51. The maximum atomic E-state index is 11.5. The number of aromatic nitrogens is 2. The Labute approximate surface area is 144 Å². The molecule has 0 unspecified atom stereocenters. The van der Waals surface area contributed by atoms with Crippen LogP contribution in [0.4, 0.5) is 0 Å². The van der Waals surface area contributed by atoms with E-state index in [2.05, 4.69) is 9.97 Å². The van der Waals surface area contributed by atoms with Gasteiger partial charge in [0.15, 0.2) is 5.78 Å². The van der Waals surface area contributed by atoms with Gasteiger partial charge in [-0.1, -0.05) is 24.3 Å². The first kappa shape index (κ1) is 16.6. The highest BCUT2D eigenvalue weighted by Gasteiger charge is 2.07. The van der Waals surface area contributed by atoms with Gasteiger partial charge in [0.25, 0.3) is 5.91 Å². The van der Waals surface area contributed by atoms with Crippen molar-refractivity contribution in [3.63, 3.8) is 0 Å². The summed E-state index contributed by atoms with van der Waals surface area (Å²) in [6.07, 6.45) is 3.49. The number of aromatic amines is 1. The lowest BCUT2D eigenvalue weighted by atomic mass is 10.1. The summed E-state index contributed by atoms with van der Waals surface area (Å²) >= 11 is 0. The number of hydrogen-bond acceptors (Lipinski definition) is 4. The molecule has 0 atom stereocenters. The SMILES string of the molecule is CC(=O)c1ccc2nc(Cc3ccc(C=CC(=O)NO)cc3)[nH]c2c1. The van der Waals surface area contributed by atoms with Crippen LogP contribution in [-0.2, 0) is 11.2 Å². The molecule has 6 heteroatoms. The van der Waals surface area contributed by atoms with Gasteiger partial charge in [-0.25, -0.2) is 10.5 Å². The second-order valence-electron chi connectivity index (χ2n) is 5.70. The maximum Gasteiger partial charge on any atom is 0.267 e. The number of imidazole rings is 1. The van der Waals surface area contributed by atoms with Crippen LogP contribution in [0.25, 0.3) is 17.1 Å². The van der Waals surface area contributed by atoms with E-state index >= 15 is 0 Å². The fraction of sp³-hybridized carbons (Fsp3) is 0.105. The van der Waals surface area contributed by atoms with E-state index < -0.39 is 5.91 Å². The zero-order valence-electron chi connectivity index (χ0n) is 13.6. The number of nitrogens with zero attached hydrogens (tertiary/aromatic N) is 1. The zero-order valence-corrected chi connectivity index (χ0v) is 13.6. The molecule has 126 valence electrons. The summed E-state index contributed by atoms with van der Waals surface area (Å²) in [5.41, 5.74) is 5.79. The smallest absolute Gasteiger partial charge is 0.267 e. The van der Waals surface area contributed by atoms with Crippen LogP contribution in [0.3, 0.4) is 0 Å². The van der Waals surface area contributed by atoms with Gasteiger partial charge >= 0.3 is 0 Å². The van der Waals surface area contributed by atoms with Crippen molar-refractivity contribution in [2.75, 3.05) is 0 Å². The lowest BCUT2D eigenvalue weighted by Crippen LogP contribution is -2.14. The second kappa shape index (κ2) is 7.11. The summed E-state index contributed by atoms with van der Waals surface area (Å²) in [6, 6.07) is 13.1. The third kappa shape index (κ3) is 3.99. The van der Waals surface area contributed by atoms with Crippen molar-refractivity contribution < 1.29 is 14.8 Å². The van der Waals surface area contributed by atoms with Gasteiger partial charge in [0, 0.05) is 18.1 Å². The molecule has 0 aliphatic heterocycles. The molecule has 2 aromatic carbocycles. The number of carbonyl (C=O) groups excluding carboxylic acids is 2. The largest absolute Gasteiger partial charge is 0.342 e. The molecular weight excluding hydrogens is 318 g/mol. The number of nitrogens with one attached hydrogen (secondary N) is 2. The van der Waals surface area contributed by atoms with Crippen LogP contribution in [0.5, 0.6) is 0 Å². The molecule has 0 aliphatic rings. The van der Waals surface area contributed by atoms with Crippen LogP contribution < -0.4 is 5.48 Å². The van der Waals surface area contributed by atoms with Crippen molar-refractivity contribution in [2.45, 2.75) is 13.3 Å². The average Bonchev–Trinajstić information content (AvgIpc) is 3.02. The molecule has 1 aromatic heterocycles. The van der Waals surface area contributed by atoms with Crippen LogP contribution in [0.15, 0.2) is 48.5 Å². The Morgan fingerprint density at radius 2 is 1.96 bits per heavy atom. The number of rotatable bonds is 5. The van der Waals surface area contributed by atoms with Gasteiger partial charge in [0.05, 0.1) is 11.0 Å². The van der Waals surface area contributed by atoms with Crippen LogP contribution >= 0.6 is 0 Å². The normalized spacial score (nSPS) is 11.1. The monoisotopic (exact) mass is 335 g/mol. The molecule has 0 aliphatic carbocycles. The molecule has 0 spiro atoms. The molecule has 25 heavy (non-hydrogen) atoms. The molecule has 0 radical (unpaired) electrons. The summed E-state index contributed by atoms with van der Waals surface area (Å²) < 4.78 is 0. The first-order chi connectivity index (χ1) is 12.0. The molecular formula is C19H17N3O3. The lowest BCUT2D eigenvalue weighted by molar-refractivity contribution is -0.124. The third-order valence-corrected chi connectivity index (χ3v) is 3.83. The highest BCUT2D eigenvalue weighted by Crippen LogP contribution is 2.17. The van der Waals surface area contributed by atoms with E-state index in [4.69, 9.17) is 5.21 Å². The average molecular weight is 335 g/mol. The molecule has 1 amide bonds. The standard InChI is InChI=1S/C19H17N3O3/c1-12(23)15-7-8-16-17(11-15)21-18(20-16)10-14-4-2-13(3-5-14)6-9-19(24)22-25/h2-9,11,25H,10H2,1H3,(H,20,21)(H,22,24). The second-order valence-corrected chi connectivity index (χ2v) is 5.70.